The van der Waals surface area contributed by atoms with Gasteiger partial charge in [-0.3, -0.25) is 4.79 Å². The first kappa shape index (κ1) is 11.9. The molecule has 0 bridgehead atoms. The van der Waals surface area contributed by atoms with Crippen molar-refractivity contribution >= 4 is 5.97 Å². The van der Waals surface area contributed by atoms with E-state index in [1.807, 2.05) is 6.92 Å². The third kappa shape index (κ3) is 2.09. The van der Waals surface area contributed by atoms with E-state index >= 15 is 0 Å². The van der Waals surface area contributed by atoms with Crippen molar-refractivity contribution in [2.75, 3.05) is 19.8 Å². The lowest BCUT2D eigenvalue weighted by Crippen LogP contribution is -2.37. The average molecular weight is 227 g/mol. The molecule has 1 heterocycles. The highest BCUT2D eigenvalue weighted by molar-refractivity contribution is 5.76. The molecule has 0 radical (unpaired) electrons. The number of carbonyl (C=O) groups is 1. The molecule has 1 saturated heterocycles. The quantitative estimate of drug-likeness (QED) is 0.688. The predicted molar refractivity (Wildman–Crippen MR) is 59.8 cm³/mol. The summed E-state index contributed by atoms with van der Waals surface area (Å²) in [5, 5.41) is 12.3. The Hall–Kier alpha value is -0.610. The van der Waals surface area contributed by atoms with E-state index in [1.165, 1.54) is 0 Å². The molecule has 1 aliphatic heterocycles. The molecule has 2 aliphatic rings. The number of aliphatic hydroxyl groups is 1. The Labute approximate surface area is 96.4 Å². The number of nitrogens with one attached hydrogen (secondary N) is 1. The van der Waals surface area contributed by atoms with Crippen LogP contribution in [-0.2, 0) is 9.53 Å². The summed E-state index contributed by atoms with van der Waals surface area (Å²) in [5.74, 6) is 1.47. The van der Waals surface area contributed by atoms with E-state index in [0.717, 1.165) is 25.8 Å². The van der Waals surface area contributed by atoms with Gasteiger partial charge in [0, 0.05) is 6.61 Å². The number of aliphatic hydroxyl groups excluding tert-OH is 1. The molecule has 0 amide bonds. The van der Waals surface area contributed by atoms with Crippen LogP contribution in [0.25, 0.3) is 0 Å². The van der Waals surface area contributed by atoms with Crippen molar-refractivity contribution in [2.24, 2.45) is 17.8 Å². The molecule has 2 N–H and O–H groups in total. The van der Waals surface area contributed by atoms with Crippen LogP contribution in [0.3, 0.4) is 0 Å². The van der Waals surface area contributed by atoms with Gasteiger partial charge in [-0.15, -0.1) is 0 Å². The van der Waals surface area contributed by atoms with Gasteiger partial charge in [-0.05, 0) is 50.5 Å². The van der Waals surface area contributed by atoms with Crippen molar-refractivity contribution in [1.82, 2.24) is 5.32 Å². The molecule has 2 fully saturated rings. The number of rotatable bonds is 4. The van der Waals surface area contributed by atoms with Gasteiger partial charge < -0.3 is 15.2 Å². The van der Waals surface area contributed by atoms with Crippen LogP contribution in [0.1, 0.15) is 26.2 Å². The van der Waals surface area contributed by atoms with Crippen molar-refractivity contribution < 1.29 is 14.6 Å². The number of hydrogen-bond donors (Lipinski definition) is 2. The predicted octanol–water partition coefficient (Wildman–Crippen LogP) is 0.546. The molecular formula is C12H21NO3. The lowest BCUT2D eigenvalue weighted by molar-refractivity contribution is -0.146. The third-order valence-electron chi connectivity index (χ3n) is 4.07. The number of fused-ring (bicyclic) bond motifs is 1. The summed E-state index contributed by atoms with van der Waals surface area (Å²) >= 11 is 0. The van der Waals surface area contributed by atoms with E-state index < -0.39 is 0 Å². The topological polar surface area (TPSA) is 58.6 Å². The minimum atomic E-state index is -0.103. The van der Waals surface area contributed by atoms with E-state index in [1.54, 1.807) is 0 Å². The smallest absolute Gasteiger partial charge is 0.323 e. The van der Waals surface area contributed by atoms with Gasteiger partial charge >= 0.3 is 5.97 Å². The number of esters is 1. The SMILES string of the molecule is CCOC(=O)[C@H]1NC[C@@H]2C(CCO)CC[C@H]12. The van der Waals surface area contributed by atoms with Gasteiger partial charge in [0.1, 0.15) is 6.04 Å². The van der Waals surface area contributed by atoms with Gasteiger partial charge in [-0.25, -0.2) is 0 Å². The maximum Gasteiger partial charge on any atom is 0.323 e. The molecule has 1 aliphatic carbocycles. The Kier molecular flexibility index (Phi) is 3.82. The maximum atomic E-state index is 11.7. The molecule has 1 unspecified atom stereocenters. The fourth-order valence-electron chi connectivity index (χ4n) is 3.34. The van der Waals surface area contributed by atoms with Gasteiger partial charge in [0.2, 0.25) is 0 Å². The van der Waals surface area contributed by atoms with Crippen LogP contribution in [-0.4, -0.2) is 36.9 Å². The lowest BCUT2D eigenvalue weighted by atomic mass is 9.88. The molecule has 92 valence electrons. The second kappa shape index (κ2) is 5.15. The van der Waals surface area contributed by atoms with E-state index in [-0.39, 0.29) is 18.6 Å². The molecule has 0 aromatic rings. The third-order valence-corrected chi connectivity index (χ3v) is 4.07. The minimum Gasteiger partial charge on any atom is -0.465 e. The summed E-state index contributed by atoms with van der Waals surface area (Å²) in [6, 6.07) is -0.103. The summed E-state index contributed by atoms with van der Waals surface area (Å²) < 4.78 is 5.08. The first-order chi connectivity index (χ1) is 7.77. The highest BCUT2D eigenvalue weighted by atomic mass is 16.5. The van der Waals surface area contributed by atoms with Crippen LogP contribution in [0.2, 0.25) is 0 Å². The Balaban J connectivity index is 1.95. The molecule has 0 aromatic carbocycles. The first-order valence-corrected chi connectivity index (χ1v) is 6.28. The summed E-state index contributed by atoms with van der Waals surface area (Å²) in [4.78, 5) is 11.7. The van der Waals surface area contributed by atoms with Crippen LogP contribution in [0.4, 0.5) is 0 Å². The van der Waals surface area contributed by atoms with Crippen molar-refractivity contribution in [3.05, 3.63) is 0 Å². The fourth-order valence-corrected chi connectivity index (χ4v) is 3.34. The van der Waals surface area contributed by atoms with E-state index in [0.29, 0.717) is 24.4 Å². The van der Waals surface area contributed by atoms with Crippen molar-refractivity contribution in [2.45, 2.75) is 32.2 Å². The van der Waals surface area contributed by atoms with Gasteiger partial charge in [0.25, 0.3) is 0 Å². The van der Waals surface area contributed by atoms with E-state index in [2.05, 4.69) is 5.32 Å². The second-order valence-electron chi connectivity index (χ2n) is 4.82. The Bertz CT molecular complexity index is 257. The van der Waals surface area contributed by atoms with Crippen LogP contribution in [0.15, 0.2) is 0 Å². The van der Waals surface area contributed by atoms with Gasteiger partial charge in [-0.2, -0.15) is 0 Å². The van der Waals surface area contributed by atoms with Crippen molar-refractivity contribution in [3.8, 4) is 0 Å². The van der Waals surface area contributed by atoms with Gasteiger partial charge in [-0.1, -0.05) is 0 Å². The molecule has 1 saturated carbocycles. The summed E-state index contributed by atoms with van der Waals surface area (Å²) in [7, 11) is 0. The molecule has 2 rings (SSSR count). The van der Waals surface area contributed by atoms with Gasteiger partial charge in [0.05, 0.1) is 6.61 Å². The number of ether oxygens (including phenoxy) is 1. The van der Waals surface area contributed by atoms with Crippen LogP contribution >= 0.6 is 0 Å². The Morgan fingerprint density at radius 2 is 2.25 bits per heavy atom. The van der Waals surface area contributed by atoms with Crippen molar-refractivity contribution in [1.29, 1.82) is 0 Å². The summed E-state index contributed by atoms with van der Waals surface area (Å²) in [6.45, 7) is 3.46. The minimum absolute atomic E-state index is 0.0975. The largest absolute Gasteiger partial charge is 0.465 e. The molecule has 4 heteroatoms. The molecular weight excluding hydrogens is 206 g/mol. The Morgan fingerprint density at radius 1 is 1.44 bits per heavy atom. The molecule has 0 aromatic heterocycles. The number of hydrogen-bond acceptors (Lipinski definition) is 4. The zero-order chi connectivity index (χ0) is 11.5. The molecule has 16 heavy (non-hydrogen) atoms. The molecule has 0 spiro atoms. The summed E-state index contributed by atoms with van der Waals surface area (Å²) in [6.07, 6.45) is 3.11. The van der Waals surface area contributed by atoms with Crippen LogP contribution < -0.4 is 5.32 Å². The maximum absolute atomic E-state index is 11.7. The molecule has 4 atom stereocenters. The fraction of sp³-hybridized carbons (Fsp3) is 0.917. The van der Waals surface area contributed by atoms with E-state index in [9.17, 15) is 4.79 Å². The van der Waals surface area contributed by atoms with Crippen molar-refractivity contribution in [3.63, 3.8) is 0 Å². The number of carbonyl (C=O) groups excluding carboxylic acids is 1. The van der Waals surface area contributed by atoms with Crippen LogP contribution in [0, 0.1) is 17.8 Å². The van der Waals surface area contributed by atoms with E-state index in [4.69, 9.17) is 9.84 Å². The highest BCUT2D eigenvalue weighted by Crippen LogP contribution is 2.43. The van der Waals surface area contributed by atoms with Crippen LogP contribution in [0.5, 0.6) is 0 Å². The monoisotopic (exact) mass is 227 g/mol. The first-order valence-electron chi connectivity index (χ1n) is 6.28. The van der Waals surface area contributed by atoms with Gasteiger partial charge in [0.15, 0.2) is 0 Å². The Morgan fingerprint density at radius 3 is 2.94 bits per heavy atom. The molecule has 4 nitrogen and oxygen atoms in total. The lowest BCUT2D eigenvalue weighted by Gasteiger charge is -2.18. The standard InChI is InChI=1S/C12H21NO3/c1-2-16-12(15)11-9-4-3-8(5-6-14)10(9)7-13-11/h8-11,13-14H,2-7H2,1H3/t8?,9-,10+,11-/m0/s1. The summed E-state index contributed by atoms with van der Waals surface area (Å²) in [5.41, 5.74) is 0. The zero-order valence-electron chi connectivity index (χ0n) is 9.82. The zero-order valence-corrected chi connectivity index (χ0v) is 9.82. The average Bonchev–Trinajstić information content (AvgIpc) is 2.81. The highest BCUT2D eigenvalue weighted by Gasteiger charge is 2.47. The second-order valence-corrected chi connectivity index (χ2v) is 4.82. The normalized spacial score (nSPS) is 37.4.